The van der Waals surface area contributed by atoms with Crippen molar-refractivity contribution in [1.29, 1.82) is 0 Å². The van der Waals surface area contributed by atoms with Crippen LogP contribution < -0.4 is 4.74 Å². The smallest absolute Gasteiger partial charge is 0.303 e. The SMILES string of the molecule is CC(=O)OC[C@H]1O[C@@H](Oc2ccc(CCC(=O)CCCOCCOCCOCCN=[N+]=[N-])cc2O)[C@H](C)[C@@H](C)[C@H]1OC(C)=O. The van der Waals surface area contributed by atoms with E-state index in [-0.39, 0.29) is 35.7 Å². The second kappa shape index (κ2) is 20.5. The number of Topliss-reactive ketones (excluding diaryl/α,β-unsaturated/α-hetero) is 1. The Labute approximate surface area is 257 Å². The van der Waals surface area contributed by atoms with Crippen molar-refractivity contribution in [3.05, 3.63) is 34.2 Å². The van der Waals surface area contributed by atoms with Gasteiger partial charge in [-0.25, -0.2) is 0 Å². The molecule has 1 fully saturated rings. The Morgan fingerprint density at radius 2 is 1.64 bits per heavy atom. The van der Waals surface area contributed by atoms with E-state index in [0.29, 0.717) is 71.9 Å². The van der Waals surface area contributed by atoms with Gasteiger partial charge in [0, 0.05) is 56.6 Å². The van der Waals surface area contributed by atoms with E-state index in [1.165, 1.54) is 13.8 Å². The summed E-state index contributed by atoms with van der Waals surface area (Å²) in [5.74, 6) is -1.14. The summed E-state index contributed by atoms with van der Waals surface area (Å²) in [7, 11) is 0. The van der Waals surface area contributed by atoms with Gasteiger partial charge < -0.3 is 38.3 Å². The second-order valence-electron chi connectivity index (χ2n) is 10.5. The number of azide groups is 1. The molecule has 0 amide bonds. The number of nitrogens with zero attached hydrogens (tertiary/aromatic N) is 3. The normalized spacial score (nSPS) is 21.2. The first-order chi connectivity index (χ1) is 21.1. The maximum Gasteiger partial charge on any atom is 0.303 e. The first-order valence-electron chi connectivity index (χ1n) is 14.8. The first-order valence-corrected chi connectivity index (χ1v) is 14.8. The third-order valence-electron chi connectivity index (χ3n) is 7.05. The van der Waals surface area contributed by atoms with Gasteiger partial charge in [-0.3, -0.25) is 14.4 Å². The average molecular weight is 624 g/mol. The molecule has 0 radical (unpaired) electrons. The maximum absolute atomic E-state index is 12.3. The first kappa shape index (κ1) is 36.8. The number of ketones is 1. The molecule has 44 heavy (non-hydrogen) atoms. The predicted octanol–water partition coefficient (Wildman–Crippen LogP) is 3.90. The minimum absolute atomic E-state index is 0.0904. The van der Waals surface area contributed by atoms with Crippen LogP contribution in [0.25, 0.3) is 10.4 Å². The van der Waals surface area contributed by atoms with E-state index in [2.05, 4.69) is 10.0 Å². The third-order valence-corrected chi connectivity index (χ3v) is 7.05. The molecule has 0 unspecified atom stereocenters. The quantitative estimate of drug-likeness (QED) is 0.0688. The summed E-state index contributed by atoms with van der Waals surface area (Å²) in [5, 5.41) is 14.0. The highest BCUT2D eigenvalue weighted by molar-refractivity contribution is 5.78. The molecule has 0 aromatic heterocycles. The Hall–Kier alpha value is -3.42. The molecular formula is C30H45N3O11. The molecule has 1 aromatic rings. The van der Waals surface area contributed by atoms with Crippen molar-refractivity contribution in [2.45, 2.75) is 71.9 Å². The summed E-state index contributed by atoms with van der Waals surface area (Å²) in [6.07, 6.45) is -0.362. The van der Waals surface area contributed by atoms with Gasteiger partial charge in [0.2, 0.25) is 6.29 Å². The minimum atomic E-state index is -0.792. The number of benzene rings is 1. The lowest BCUT2D eigenvalue weighted by molar-refractivity contribution is -0.248. The van der Waals surface area contributed by atoms with E-state index in [0.717, 1.165) is 5.56 Å². The molecule has 14 heteroatoms. The van der Waals surface area contributed by atoms with Gasteiger partial charge in [0.1, 0.15) is 24.6 Å². The van der Waals surface area contributed by atoms with E-state index in [1.54, 1.807) is 18.2 Å². The van der Waals surface area contributed by atoms with Crippen molar-refractivity contribution >= 4 is 17.7 Å². The summed E-state index contributed by atoms with van der Waals surface area (Å²) in [6, 6.07) is 4.97. The largest absolute Gasteiger partial charge is 0.504 e. The van der Waals surface area contributed by atoms with Gasteiger partial charge >= 0.3 is 11.9 Å². The Morgan fingerprint density at radius 1 is 0.955 bits per heavy atom. The van der Waals surface area contributed by atoms with Crippen LogP contribution in [0.1, 0.15) is 52.5 Å². The number of carbonyl (C=O) groups is 3. The Kier molecular flexibility index (Phi) is 17.1. The van der Waals surface area contributed by atoms with E-state index < -0.39 is 30.4 Å². The summed E-state index contributed by atoms with van der Waals surface area (Å²) in [4.78, 5) is 38.0. The van der Waals surface area contributed by atoms with Gasteiger partial charge in [0.05, 0.1) is 33.0 Å². The summed E-state index contributed by atoms with van der Waals surface area (Å²) >= 11 is 0. The molecule has 0 saturated carbocycles. The topological polar surface area (TPSA) is 185 Å². The molecule has 2 rings (SSSR count). The van der Waals surface area contributed by atoms with Gasteiger partial charge in [-0.05, 0) is 36.1 Å². The lowest BCUT2D eigenvalue weighted by Crippen LogP contribution is -2.54. The van der Waals surface area contributed by atoms with Crippen LogP contribution in [0.15, 0.2) is 23.3 Å². The van der Waals surface area contributed by atoms with Crippen molar-refractivity contribution in [3.63, 3.8) is 0 Å². The molecule has 1 saturated heterocycles. The van der Waals surface area contributed by atoms with Crippen molar-refractivity contribution in [3.8, 4) is 11.5 Å². The van der Waals surface area contributed by atoms with Gasteiger partial charge in [-0.15, -0.1) is 0 Å². The van der Waals surface area contributed by atoms with Crippen LogP contribution in [0.5, 0.6) is 11.5 Å². The van der Waals surface area contributed by atoms with E-state index >= 15 is 0 Å². The van der Waals surface area contributed by atoms with Crippen LogP contribution in [0, 0.1) is 11.8 Å². The highest BCUT2D eigenvalue weighted by atomic mass is 16.7. The molecule has 1 aromatic carbocycles. The maximum atomic E-state index is 12.3. The number of aromatic hydroxyl groups is 1. The molecule has 0 spiro atoms. The summed E-state index contributed by atoms with van der Waals surface area (Å²) < 4.78 is 38.7. The standard InChI is InChI=1S/C30H45N3O11/c1-20-21(2)30(44-28(19-41-22(3)34)29(20)42-23(4)35)43-27-10-8-24(18-26(27)37)7-9-25(36)6-5-12-38-14-16-40-17-15-39-13-11-32-33-31/h8,10,18,20-21,28-30,37H,5-7,9,11-17,19H2,1-4H3/t20-,21-,28-,29-,30-/m1/s1. The van der Waals surface area contributed by atoms with Gasteiger partial charge in [-0.1, -0.05) is 25.0 Å². The zero-order chi connectivity index (χ0) is 32.3. The van der Waals surface area contributed by atoms with Crippen LogP contribution in [-0.4, -0.2) is 94.1 Å². The molecule has 0 aliphatic carbocycles. The monoisotopic (exact) mass is 623 g/mol. The van der Waals surface area contributed by atoms with Crippen LogP contribution >= 0.6 is 0 Å². The number of aryl methyl sites for hydroxylation is 1. The van der Waals surface area contributed by atoms with Crippen LogP contribution in [0.2, 0.25) is 0 Å². The van der Waals surface area contributed by atoms with Crippen LogP contribution in [0.4, 0.5) is 0 Å². The fourth-order valence-electron chi connectivity index (χ4n) is 4.52. The van der Waals surface area contributed by atoms with Crippen molar-refractivity contribution in [2.75, 3.05) is 52.8 Å². The number of ether oxygens (including phenoxy) is 7. The molecule has 5 atom stereocenters. The minimum Gasteiger partial charge on any atom is -0.504 e. The van der Waals surface area contributed by atoms with E-state index in [9.17, 15) is 19.5 Å². The highest BCUT2D eigenvalue weighted by Crippen LogP contribution is 2.37. The predicted molar refractivity (Wildman–Crippen MR) is 157 cm³/mol. The number of phenolic OH excluding ortho intramolecular Hbond substituents is 1. The Bertz CT molecular complexity index is 1100. The van der Waals surface area contributed by atoms with E-state index in [1.807, 2.05) is 13.8 Å². The lowest BCUT2D eigenvalue weighted by atomic mass is 9.84. The summed E-state index contributed by atoms with van der Waals surface area (Å²) in [6.45, 7) is 9.05. The van der Waals surface area contributed by atoms with Crippen LogP contribution in [-0.2, 0) is 49.2 Å². The number of phenols is 1. The number of esters is 2. The number of hydrogen-bond donors (Lipinski definition) is 1. The molecule has 1 heterocycles. The number of rotatable bonds is 21. The fraction of sp³-hybridized carbons (Fsp3) is 0.700. The molecule has 1 aliphatic rings. The average Bonchev–Trinajstić information content (AvgIpc) is 2.98. The summed E-state index contributed by atoms with van der Waals surface area (Å²) in [5.41, 5.74) is 8.95. The zero-order valence-electron chi connectivity index (χ0n) is 26.0. The van der Waals surface area contributed by atoms with Gasteiger partial charge in [0.15, 0.2) is 11.5 Å². The molecule has 1 N–H and O–H groups in total. The Morgan fingerprint density at radius 3 is 2.27 bits per heavy atom. The third kappa shape index (κ3) is 13.9. The van der Waals surface area contributed by atoms with E-state index in [4.69, 9.17) is 38.7 Å². The Balaban J connectivity index is 1.71. The van der Waals surface area contributed by atoms with Crippen molar-refractivity contribution < 1.29 is 52.6 Å². The van der Waals surface area contributed by atoms with Crippen molar-refractivity contribution in [2.24, 2.45) is 17.0 Å². The molecule has 14 nitrogen and oxygen atoms in total. The molecule has 0 bridgehead atoms. The van der Waals surface area contributed by atoms with Crippen molar-refractivity contribution in [1.82, 2.24) is 0 Å². The number of hydrogen-bond acceptors (Lipinski definition) is 12. The van der Waals surface area contributed by atoms with Crippen LogP contribution in [0.3, 0.4) is 0 Å². The molecule has 246 valence electrons. The zero-order valence-corrected chi connectivity index (χ0v) is 26.0. The highest BCUT2D eigenvalue weighted by Gasteiger charge is 2.45. The van der Waals surface area contributed by atoms with Gasteiger partial charge in [0.25, 0.3) is 0 Å². The number of carbonyl (C=O) groups excluding carboxylic acids is 3. The fourth-order valence-corrected chi connectivity index (χ4v) is 4.52. The van der Waals surface area contributed by atoms with Gasteiger partial charge in [-0.2, -0.15) is 0 Å². The molecule has 1 aliphatic heterocycles. The molecular weight excluding hydrogens is 578 g/mol. The lowest BCUT2D eigenvalue weighted by Gasteiger charge is -2.43. The second-order valence-corrected chi connectivity index (χ2v) is 10.5.